The van der Waals surface area contributed by atoms with Gasteiger partial charge < -0.3 is 5.32 Å². The number of likely N-dealkylation sites (N-methyl/N-ethyl adjacent to an activating group) is 2. The Labute approximate surface area is 85.7 Å². The highest BCUT2D eigenvalue weighted by Gasteiger charge is 2.10. The van der Waals surface area contributed by atoms with E-state index in [9.17, 15) is 9.59 Å². The minimum Gasteiger partial charge on any atom is -0.358 e. The SMILES string of the molecule is CCCC(=O)CN(CC)CC(=O)NC. The average Bonchev–Trinajstić information content (AvgIpc) is 2.16. The summed E-state index contributed by atoms with van der Waals surface area (Å²) in [4.78, 5) is 24.2. The van der Waals surface area contributed by atoms with E-state index in [-0.39, 0.29) is 11.7 Å². The van der Waals surface area contributed by atoms with Gasteiger partial charge >= 0.3 is 0 Å². The second kappa shape index (κ2) is 7.50. The van der Waals surface area contributed by atoms with E-state index < -0.39 is 0 Å². The number of rotatable bonds is 7. The van der Waals surface area contributed by atoms with Crippen molar-refractivity contribution in [1.29, 1.82) is 0 Å². The third kappa shape index (κ3) is 5.70. The van der Waals surface area contributed by atoms with E-state index in [2.05, 4.69) is 5.32 Å². The lowest BCUT2D eigenvalue weighted by molar-refractivity contribution is -0.123. The highest BCUT2D eigenvalue weighted by Crippen LogP contribution is 1.94. The Hall–Kier alpha value is -0.900. The van der Waals surface area contributed by atoms with Crippen LogP contribution in [0, 0.1) is 0 Å². The summed E-state index contributed by atoms with van der Waals surface area (Å²) < 4.78 is 0. The first-order valence-electron chi connectivity index (χ1n) is 5.08. The molecule has 0 radical (unpaired) electrons. The smallest absolute Gasteiger partial charge is 0.233 e. The molecule has 0 unspecified atom stereocenters. The molecule has 0 aliphatic rings. The zero-order valence-electron chi connectivity index (χ0n) is 9.30. The van der Waals surface area contributed by atoms with Crippen molar-refractivity contribution in [2.75, 3.05) is 26.7 Å². The van der Waals surface area contributed by atoms with Gasteiger partial charge in [-0.3, -0.25) is 14.5 Å². The first kappa shape index (κ1) is 13.1. The summed E-state index contributed by atoms with van der Waals surface area (Å²) >= 11 is 0. The lowest BCUT2D eigenvalue weighted by Gasteiger charge is -2.17. The molecule has 0 saturated carbocycles. The molecule has 1 amide bonds. The maximum absolute atomic E-state index is 11.3. The van der Waals surface area contributed by atoms with Gasteiger partial charge in [-0.1, -0.05) is 13.8 Å². The van der Waals surface area contributed by atoms with Crippen LogP contribution < -0.4 is 5.32 Å². The molecule has 0 atom stereocenters. The lowest BCUT2D eigenvalue weighted by atomic mass is 10.2. The molecule has 0 aliphatic heterocycles. The molecule has 0 saturated heterocycles. The quantitative estimate of drug-likeness (QED) is 0.648. The van der Waals surface area contributed by atoms with E-state index in [4.69, 9.17) is 0 Å². The first-order valence-corrected chi connectivity index (χ1v) is 5.08. The number of nitrogens with one attached hydrogen (secondary N) is 1. The lowest BCUT2D eigenvalue weighted by Crippen LogP contribution is -2.38. The molecule has 4 nitrogen and oxygen atoms in total. The van der Waals surface area contributed by atoms with Gasteiger partial charge in [-0.15, -0.1) is 0 Å². The van der Waals surface area contributed by atoms with Gasteiger partial charge in [-0.2, -0.15) is 0 Å². The second-order valence-electron chi connectivity index (χ2n) is 3.27. The summed E-state index contributed by atoms with van der Waals surface area (Å²) in [5.74, 6) is 0.161. The molecule has 0 aliphatic carbocycles. The molecule has 0 bridgehead atoms. The Balaban J connectivity index is 3.89. The standard InChI is InChI=1S/C10H20N2O2/c1-4-6-9(13)7-12(5-2)8-10(14)11-3/h4-8H2,1-3H3,(H,11,14). The fraction of sp³-hybridized carbons (Fsp3) is 0.800. The van der Waals surface area contributed by atoms with E-state index in [0.29, 0.717) is 19.5 Å². The third-order valence-electron chi connectivity index (χ3n) is 2.02. The first-order chi connectivity index (χ1) is 6.63. The topological polar surface area (TPSA) is 49.4 Å². The van der Waals surface area contributed by atoms with Gasteiger partial charge in [-0.05, 0) is 13.0 Å². The van der Waals surface area contributed by atoms with Crippen LogP contribution in [0.1, 0.15) is 26.7 Å². The van der Waals surface area contributed by atoms with Crippen molar-refractivity contribution in [2.45, 2.75) is 26.7 Å². The van der Waals surface area contributed by atoms with E-state index >= 15 is 0 Å². The molecule has 14 heavy (non-hydrogen) atoms. The molecule has 0 fully saturated rings. The monoisotopic (exact) mass is 200 g/mol. The predicted octanol–water partition coefficient (Wildman–Crippen LogP) is 0.424. The van der Waals surface area contributed by atoms with Crippen LogP contribution >= 0.6 is 0 Å². The van der Waals surface area contributed by atoms with Crippen molar-refractivity contribution in [3.05, 3.63) is 0 Å². The number of hydrogen-bond donors (Lipinski definition) is 1. The predicted molar refractivity (Wildman–Crippen MR) is 56.1 cm³/mol. The molecule has 0 spiro atoms. The fourth-order valence-electron chi connectivity index (χ4n) is 1.17. The van der Waals surface area contributed by atoms with Gasteiger partial charge in [0, 0.05) is 13.5 Å². The van der Waals surface area contributed by atoms with Crippen molar-refractivity contribution in [3.63, 3.8) is 0 Å². The molecular formula is C10H20N2O2. The van der Waals surface area contributed by atoms with Crippen molar-refractivity contribution in [2.24, 2.45) is 0 Å². The van der Waals surface area contributed by atoms with E-state index in [0.717, 1.165) is 13.0 Å². The molecule has 1 N–H and O–H groups in total. The van der Waals surface area contributed by atoms with Gasteiger partial charge in [-0.25, -0.2) is 0 Å². The Morgan fingerprint density at radius 2 is 1.86 bits per heavy atom. The van der Waals surface area contributed by atoms with Crippen LogP contribution in [0.5, 0.6) is 0 Å². The Bertz CT molecular complexity index is 193. The van der Waals surface area contributed by atoms with Crippen LogP contribution in [0.15, 0.2) is 0 Å². The normalized spacial score (nSPS) is 10.3. The van der Waals surface area contributed by atoms with Crippen LogP contribution in [0.4, 0.5) is 0 Å². The molecule has 0 aromatic heterocycles. The molecule has 0 aromatic rings. The minimum atomic E-state index is -0.0452. The number of ketones is 1. The molecule has 0 aromatic carbocycles. The summed E-state index contributed by atoms with van der Waals surface area (Å²) in [7, 11) is 1.60. The van der Waals surface area contributed by atoms with Gasteiger partial charge in [0.1, 0.15) is 5.78 Å². The maximum atomic E-state index is 11.3. The Morgan fingerprint density at radius 3 is 2.29 bits per heavy atom. The third-order valence-corrected chi connectivity index (χ3v) is 2.02. The number of hydrogen-bond acceptors (Lipinski definition) is 3. The number of Topliss-reactive ketones (excluding diaryl/α,β-unsaturated/α-hetero) is 1. The summed E-state index contributed by atoms with van der Waals surface area (Å²) in [6.07, 6.45) is 1.47. The van der Waals surface area contributed by atoms with Gasteiger partial charge in [0.05, 0.1) is 13.1 Å². The molecule has 4 heteroatoms. The van der Waals surface area contributed by atoms with Crippen LogP contribution in [-0.2, 0) is 9.59 Å². The maximum Gasteiger partial charge on any atom is 0.233 e. The fourth-order valence-corrected chi connectivity index (χ4v) is 1.17. The summed E-state index contributed by atoms with van der Waals surface area (Å²) in [5, 5.41) is 2.54. The minimum absolute atomic E-state index is 0.0452. The van der Waals surface area contributed by atoms with E-state index in [1.54, 1.807) is 7.05 Å². The van der Waals surface area contributed by atoms with Crippen molar-refractivity contribution in [3.8, 4) is 0 Å². The highest BCUT2D eigenvalue weighted by molar-refractivity contribution is 5.82. The van der Waals surface area contributed by atoms with Gasteiger partial charge in [0.25, 0.3) is 0 Å². The number of carbonyl (C=O) groups is 2. The molecule has 0 rings (SSSR count). The zero-order chi connectivity index (χ0) is 11.0. The largest absolute Gasteiger partial charge is 0.358 e. The number of carbonyl (C=O) groups excluding carboxylic acids is 2. The number of nitrogens with zero attached hydrogens (tertiary/aromatic N) is 1. The van der Waals surface area contributed by atoms with Gasteiger partial charge in [0.15, 0.2) is 0 Å². The van der Waals surface area contributed by atoms with Crippen LogP contribution in [0.3, 0.4) is 0 Å². The summed E-state index contributed by atoms with van der Waals surface area (Å²) in [6.45, 7) is 5.35. The highest BCUT2D eigenvalue weighted by atomic mass is 16.2. The van der Waals surface area contributed by atoms with Crippen LogP contribution in [0.25, 0.3) is 0 Å². The average molecular weight is 200 g/mol. The Kier molecular flexibility index (Phi) is 7.02. The zero-order valence-corrected chi connectivity index (χ0v) is 9.30. The second-order valence-corrected chi connectivity index (χ2v) is 3.27. The van der Waals surface area contributed by atoms with Crippen LogP contribution in [-0.4, -0.2) is 43.3 Å². The van der Waals surface area contributed by atoms with E-state index in [1.807, 2.05) is 18.7 Å². The summed E-state index contributed by atoms with van der Waals surface area (Å²) in [6, 6.07) is 0. The van der Waals surface area contributed by atoms with Crippen molar-refractivity contribution >= 4 is 11.7 Å². The molecule has 82 valence electrons. The molecular weight excluding hydrogens is 180 g/mol. The van der Waals surface area contributed by atoms with Crippen LogP contribution in [0.2, 0.25) is 0 Å². The Morgan fingerprint density at radius 1 is 1.21 bits per heavy atom. The van der Waals surface area contributed by atoms with E-state index in [1.165, 1.54) is 0 Å². The summed E-state index contributed by atoms with van der Waals surface area (Å²) in [5.41, 5.74) is 0. The molecule has 0 heterocycles. The van der Waals surface area contributed by atoms with Crippen molar-refractivity contribution < 1.29 is 9.59 Å². The van der Waals surface area contributed by atoms with Crippen molar-refractivity contribution in [1.82, 2.24) is 10.2 Å². The number of amides is 1. The van der Waals surface area contributed by atoms with Gasteiger partial charge in [0.2, 0.25) is 5.91 Å².